The highest BCUT2D eigenvalue weighted by Crippen LogP contribution is 2.31. The van der Waals surface area contributed by atoms with Gasteiger partial charge in [0.25, 0.3) is 5.91 Å². The highest BCUT2D eigenvalue weighted by atomic mass is 19.4. The number of aryl methyl sites for hydroxylation is 1. The second kappa shape index (κ2) is 6.35. The van der Waals surface area contributed by atoms with Gasteiger partial charge in [0, 0.05) is 11.6 Å². The summed E-state index contributed by atoms with van der Waals surface area (Å²) in [5, 5.41) is 5.94. The van der Waals surface area contributed by atoms with Gasteiger partial charge in [-0.05, 0) is 19.1 Å². The molecule has 0 aliphatic carbocycles. The lowest BCUT2D eigenvalue weighted by Gasteiger charge is -2.08. The molecule has 0 bridgehead atoms. The Bertz CT molecular complexity index is 739. The lowest BCUT2D eigenvalue weighted by molar-refractivity contribution is -0.137. The Hall–Kier alpha value is -2.75. The number of rotatable bonds is 2. The predicted molar refractivity (Wildman–Crippen MR) is 71.9 cm³/mol. The molecule has 22 heavy (non-hydrogen) atoms. The van der Waals surface area contributed by atoms with Gasteiger partial charge in [-0.1, -0.05) is 29.1 Å². The van der Waals surface area contributed by atoms with Crippen LogP contribution in [0.2, 0.25) is 0 Å². The van der Waals surface area contributed by atoms with E-state index in [1.165, 1.54) is 24.3 Å². The molecule has 0 atom stereocenters. The highest BCUT2D eigenvalue weighted by Gasteiger charge is 2.32. The lowest BCUT2D eigenvalue weighted by Crippen LogP contribution is -2.23. The molecule has 1 aromatic heterocycles. The summed E-state index contributed by atoms with van der Waals surface area (Å²) < 4.78 is 43.0. The zero-order valence-corrected chi connectivity index (χ0v) is 11.5. The van der Waals surface area contributed by atoms with Crippen LogP contribution in [-0.4, -0.2) is 17.6 Å². The number of nitrogens with one attached hydrogen (secondary N) is 1. The average molecular weight is 308 g/mol. The molecule has 0 aliphatic rings. The molecule has 1 aromatic carbocycles. The maximum absolute atomic E-state index is 12.8. The van der Waals surface area contributed by atoms with Crippen LogP contribution in [0, 0.1) is 18.8 Å². The van der Waals surface area contributed by atoms with Crippen molar-refractivity contribution in [2.45, 2.75) is 13.1 Å². The molecule has 1 heterocycles. The number of amides is 1. The summed E-state index contributed by atoms with van der Waals surface area (Å²) in [6.07, 6.45) is -4.47. The fourth-order valence-corrected chi connectivity index (χ4v) is 1.67. The third-order valence-electron chi connectivity index (χ3n) is 2.65. The predicted octanol–water partition coefficient (Wildman–Crippen LogP) is 2.78. The van der Waals surface area contributed by atoms with Gasteiger partial charge in [0.15, 0.2) is 5.69 Å². The van der Waals surface area contributed by atoms with E-state index in [1.54, 1.807) is 6.92 Å². The minimum Gasteiger partial charge on any atom is -0.361 e. The highest BCUT2D eigenvalue weighted by molar-refractivity contribution is 5.92. The summed E-state index contributed by atoms with van der Waals surface area (Å²) in [6.45, 7) is 1.54. The van der Waals surface area contributed by atoms with Crippen molar-refractivity contribution >= 4 is 5.91 Å². The second-order valence-electron chi connectivity index (χ2n) is 4.35. The smallest absolute Gasteiger partial charge is 0.361 e. The molecule has 2 rings (SSSR count). The minimum absolute atomic E-state index is 0.0926. The van der Waals surface area contributed by atoms with Crippen LogP contribution in [0.4, 0.5) is 13.2 Å². The normalized spacial score (nSPS) is 10.7. The number of halogens is 3. The van der Waals surface area contributed by atoms with E-state index in [0.717, 1.165) is 6.07 Å². The molecule has 0 saturated carbocycles. The Morgan fingerprint density at radius 1 is 1.36 bits per heavy atom. The summed E-state index contributed by atoms with van der Waals surface area (Å²) in [5.41, 5.74) is -0.850. The van der Waals surface area contributed by atoms with E-state index >= 15 is 0 Å². The van der Waals surface area contributed by atoms with Crippen LogP contribution >= 0.6 is 0 Å². The summed E-state index contributed by atoms with van der Waals surface area (Å²) in [7, 11) is 0. The third kappa shape index (κ3) is 3.88. The molecule has 2 aromatic rings. The first kappa shape index (κ1) is 15.6. The van der Waals surface area contributed by atoms with Crippen molar-refractivity contribution in [1.29, 1.82) is 0 Å². The van der Waals surface area contributed by atoms with Crippen molar-refractivity contribution in [1.82, 2.24) is 10.5 Å². The van der Waals surface area contributed by atoms with Crippen LogP contribution in [0.5, 0.6) is 0 Å². The Morgan fingerprint density at radius 3 is 2.73 bits per heavy atom. The fraction of sp³-hybridized carbons (Fsp3) is 0.200. The second-order valence-corrected chi connectivity index (χ2v) is 4.35. The molecule has 0 fully saturated rings. The maximum atomic E-state index is 12.8. The Balaban J connectivity index is 2.02. The number of aromatic nitrogens is 1. The van der Waals surface area contributed by atoms with Crippen LogP contribution in [-0.2, 0) is 6.18 Å². The number of hydrogen-bond acceptors (Lipinski definition) is 3. The number of carbonyl (C=O) groups excluding carboxylic acids is 1. The molecular weight excluding hydrogens is 297 g/mol. The van der Waals surface area contributed by atoms with Crippen LogP contribution in [0.15, 0.2) is 34.9 Å². The fourth-order valence-electron chi connectivity index (χ4n) is 1.67. The van der Waals surface area contributed by atoms with Crippen molar-refractivity contribution < 1.29 is 22.5 Å². The van der Waals surface area contributed by atoms with Gasteiger partial charge in [-0.3, -0.25) is 4.79 Å². The summed E-state index contributed by atoms with van der Waals surface area (Å²) in [4.78, 5) is 11.6. The van der Waals surface area contributed by atoms with Crippen molar-refractivity contribution in [2.75, 3.05) is 6.54 Å². The van der Waals surface area contributed by atoms with Gasteiger partial charge in [-0.25, -0.2) is 0 Å². The topological polar surface area (TPSA) is 55.1 Å². The van der Waals surface area contributed by atoms with Gasteiger partial charge in [0.05, 0.1) is 12.1 Å². The molecule has 7 heteroatoms. The van der Waals surface area contributed by atoms with Crippen molar-refractivity contribution in [3.63, 3.8) is 0 Å². The number of nitrogens with zero attached hydrogens (tertiary/aromatic N) is 1. The lowest BCUT2D eigenvalue weighted by atomic mass is 10.1. The van der Waals surface area contributed by atoms with Gasteiger partial charge in [-0.2, -0.15) is 13.2 Å². The van der Waals surface area contributed by atoms with E-state index < -0.39 is 17.6 Å². The SMILES string of the molecule is Cc1cc(C(=O)NCC#Cc2ccccc2C(F)(F)F)no1. The largest absolute Gasteiger partial charge is 0.417 e. The standard InChI is InChI=1S/C15H11F3N2O2/c1-10-9-13(20-22-10)14(21)19-8-4-6-11-5-2-3-7-12(11)15(16,17)18/h2-3,5,7,9H,8H2,1H3,(H,19,21). The molecule has 114 valence electrons. The molecular formula is C15H11F3N2O2. The molecule has 0 saturated heterocycles. The Labute approximate surface area is 124 Å². The van der Waals surface area contributed by atoms with Gasteiger partial charge >= 0.3 is 6.18 Å². The van der Waals surface area contributed by atoms with E-state index in [2.05, 4.69) is 22.3 Å². The molecule has 0 radical (unpaired) electrons. The van der Waals surface area contributed by atoms with Gasteiger partial charge in [-0.15, -0.1) is 0 Å². The van der Waals surface area contributed by atoms with E-state index in [-0.39, 0.29) is 17.8 Å². The van der Waals surface area contributed by atoms with E-state index in [4.69, 9.17) is 4.52 Å². The molecule has 1 N–H and O–H groups in total. The molecule has 1 amide bonds. The summed E-state index contributed by atoms with van der Waals surface area (Å²) in [5.74, 6) is 4.86. The molecule has 0 spiro atoms. The Morgan fingerprint density at radius 2 is 2.09 bits per heavy atom. The third-order valence-corrected chi connectivity index (χ3v) is 2.65. The van der Waals surface area contributed by atoms with Crippen LogP contribution < -0.4 is 5.32 Å². The van der Waals surface area contributed by atoms with Gasteiger partial charge in [0.1, 0.15) is 5.76 Å². The average Bonchev–Trinajstić information content (AvgIpc) is 2.89. The van der Waals surface area contributed by atoms with Crippen molar-refractivity contribution in [3.05, 3.63) is 52.9 Å². The van der Waals surface area contributed by atoms with Crippen LogP contribution in [0.25, 0.3) is 0 Å². The van der Waals surface area contributed by atoms with Crippen LogP contribution in [0.3, 0.4) is 0 Å². The number of hydrogen-bond donors (Lipinski definition) is 1. The van der Waals surface area contributed by atoms with Crippen molar-refractivity contribution in [2.24, 2.45) is 0 Å². The Kier molecular flexibility index (Phi) is 4.51. The zero-order chi connectivity index (χ0) is 16.2. The number of carbonyl (C=O) groups is 1. The minimum atomic E-state index is -4.47. The quantitative estimate of drug-likeness (QED) is 0.868. The summed E-state index contributed by atoms with van der Waals surface area (Å²) >= 11 is 0. The first-order valence-electron chi connectivity index (χ1n) is 6.24. The molecule has 0 aliphatic heterocycles. The monoisotopic (exact) mass is 308 g/mol. The number of benzene rings is 1. The summed E-state index contributed by atoms with van der Waals surface area (Å²) in [6, 6.07) is 6.44. The van der Waals surface area contributed by atoms with E-state index in [1.807, 2.05) is 0 Å². The van der Waals surface area contributed by atoms with E-state index in [0.29, 0.717) is 5.76 Å². The van der Waals surface area contributed by atoms with E-state index in [9.17, 15) is 18.0 Å². The van der Waals surface area contributed by atoms with Crippen LogP contribution in [0.1, 0.15) is 27.4 Å². The maximum Gasteiger partial charge on any atom is 0.417 e. The number of alkyl halides is 3. The first-order chi connectivity index (χ1) is 10.4. The van der Waals surface area contributed by atoms with Crippen molar-refractivity contribution in [3.8, 4) is 11.8 Å². The molecule has 0 unspecified atom stereocenters. The zero-order valence-electron chi connectivity index (χ0n) is 11.5. The first-order valence-corrected chi connectivity index (χ1v) is 6.24. The molecule has 4 nitrogen and oxygen atoms in total. The van der Waals surface area contributed by atoms with Gasteiger partial charge < -0.3 is 9.84 Å². The van der Waals surface area contributed by atoms with Gasteiger partial charge in [0.2, 0.25) is 0 Å².